The Morgan fingerprint density at radius 3 is 2.48 bits per heavy atom. The topological polar surface area (TPSA) is 12.0 Å². The van der Waals surface area contributed by atoms with Crippen molar-refractivity contribution in [3.63, 3.8) is 0 Å². The van der Waals surface area contributed by atoms with Gasteiger partial charge < -0.3 is 5.32 Å². The zero-order valence-electron chi connectivity index (χ0n) is 13.5. The van der Waals surface area contributed by atoms with Gasteiger partial charge in [-0.2, -0.15) is 0 Å². The highest BCUT2D eigenvalue weighted by Crippen LogP contribution is 2.29. The van der Waals surface area contributed by atoms with Crippen molar-refractivity contribution < 1.29 is 4.39 Å². The van der Waals surface area contributed by atoms with Gasteiger partial charge in [0, 0.05) is 22.3 Å². The van der Waals surface area contributed by atoms with E-state index in [4.69, 9.17) is 0 Å². The fourth-order valence-corrected chi connectivity index (χ4v) is 3.14. The van der Waals surface area contributed by atoms with Crippen LogP contribution in [0.15, 0.2) is 30.3 Å². The first-order valence-corrected chi connectivity index (χ1v) is 8.17. The molecule has 1 nitrogen and oxygen atoms in total. The Labute approximate surface area is 131 Å². The number of hydrogen-bond donors (Lipinski definition) is 1. The molecule has 0 saturated carbocycles. The van der Waals surface area contributed by atoms with Crippen molar-refractivity contribution >= 4 is 11.3 Å². The average Bonchev–Trinajstić information content (AvgIpc) is 2.88. The Kier molecular flexibility index (Phi) is 4.84. The van der Waals surface area contributed by atoms with Gasteiger partial charge in [0.2, 0.25) is 0 Å². The van der Waals surface area contributed by atoms with Crippen molar-refractivity contribution in [3.05, 3.63) is 57.0 Å². The molecule has 0 fully saturated rings. The van der Waals surface area contributed by atoms with E-state index >= 15 is 0 Å². The number of hydrogen-bond acceptors (Lipinski definition) is 2. The smallest absolute Gasteiger partial charge is 0.126 e. The summed E-state index contributed by atoms with van der Waals surface area (Å²) in [5.41, 5.74) is 1.89. The molecule has 1 heterocycles. The van der Waals surface area contributed by atoms with Gasteiger partial charge in [0.25, 0.3) is 0 Å². The van der Waals surface area contributed by atoms with Crippen LogP contribution < -0.4 is 5.32 Å². The first-order valence-electron chi connectivity index (χ1n) is 7.36. The lowest BCUT2D eigenvalue weighted by atomic mass is 9.95. The Hall–Kier alpha value is -1.19. The number of benzene rings is 1. The van der Waals surface area contributed by atoms with Gasteiger partial charge in [-0.3, -0.25) is 0 Å². The summed E-state index contributed by atoms with van der Waals surface area (Å²) in [4.78, 5) is 2.72. The lowest BCUT2D eigenvalue weighted by Crippen LogP contribution is -2.17. The van der Waals surface area contributed by atoms with Crippen LogP contribution in [-0.2, 0) is 12.0 Å². The minimum absolute atomic E-state index is 0.132. The second kappa shape index (κ2) is 6.29. The maximum absolute atomic E-state index is 13.6. The van der Waals surface area contributed by atoms with Gasteiger partial charge >= 0.3 is 0 Å². The van der Waals surface area contributed by atoms with E-state index in [1.165, 1.54) is 9.75 Å². The van der Waals surface area contributed by atoms with E-state index in [0.717, 1.165) is 12.1 Å². The Morgan fingerprint density at radius 2 is 1.90 bits per heavy atom. The van der Waals surface area contributed by atoms with Crippen molar-refractivity contribution in [2.75, 3.05) is 0 Å². The summed E-state index contributed by atoms with van der Waals surface area (Å²) in [6, 6.07) is 9.98. The summed E-state index contributed by atoms with van der Waals surface area (Å²) in [6.07, 6.45) is 0. The molecule has 0 bridgehead atoms. The number of halogens is 1. The van der Waals surface area contributed by atoms with E-state index in [0.29, 0.717) is 5.56 Å². The van der Waals surface area contributed by atoms with E-state index in [-0.39, 0.29) is 17.3 Å². The molecule has 0 aliphatic rings. The first-order chi connectivity index (χ1) is 9.77. The molecular weight excluding hydrogens is 281 g/mol. The number of nitrogens with one attached hydrogen (secondary N) is 1. The van der Waals surface area contributed by atoms with Crippen LogP contribution in [0.25, 0.3) is 0 Å². The van der Waals surface area contributed by atoms with Gasteiger partial charge in [-0.15, -0.1) is 11.3 Å². The van der Waals surface area contributed by atoms with Crippen LogP contribution in [0.5, 0.6) is 0 Å². The monoisotopic (exact) mass is 305 g/mol. The first kappa shape index (κ1) is 16.2. The molecule has 0 aliphatic heterocycles. The predicted octanol–water partition coefficient (Wildman–Crippen LogP) is 5.34. The van der Waals surface area contributed by atoms with Gasteiger partial charge in [-0.25, -0.2) is 4.39 Å². The molecule has 3 heteroatoms. The summed E-state index contributed by atoms with van der Waals surface area (Å²) in [6.45, 7) is 11.4. The highest BCUT2D eigenvalue weighted by atomic mass is 32.1. The molecule has 2 rings (SSSR count). The summed E-state index contributed by atoms with van der Waals surface area (Å²) in [5.74, 6) is -0.132. The predicted molar refractivity (Wildman–Crippen MR) is 89.4 cm³/mol. The third kappa shape index (κ3) is 4.14. The van der Waals surface area contributed by atoms with Crippen molar-refractivity contribution in [1.29, 1.82) is 0 Å². The van der Waals surface area contributed by atoms with Gasteiger partial charge in [0.1, 0.15) is 5.82 Å². The molecule has 2 aromatic rings. The van der Waals surface area contributed by atoms with Gasteiger partial charge in [0.05, 0.1) is 0 Å². The minimum atomic E-state index is -0.132. The second-order valence-corrected chi connectivity index (χ2v) is 7.80. The fraction of sp³-hybridized carbons (Fsp3) is 0.444. The van der Waals surface area contributed by atoms with Crippen LogP contribution in [0.2, 0.25) is 0 Å². The van der Waals surface area contributed by atoms with E-state index in [1.54, 1.807) is 13.0 Å². The zero-order valence-corrected chi connectivity index (χ0v) is 14.3. The quantitative estimate of drug-likeness (QED) is 0.803. The Morgan fingerprint density at radius 1 is 1.19 bits per heavy atom. The number of rotatable bonds is 4. The average molecular weight is 305 g/mol. The highest BCUT2D eigenvalue weighted by molar-refractivity contribution is 7.12. The van der Waals surface area contributed by atoms with Crippen LogP contribution in [0.3, 0.4) is 0 Å². The molecule has 114 valence electrons. The molecular formula is C18H24FNS. The normalized spacial score (nSPS) is 13.4. The Bertz CT molecular complexity index is 610. The van der Waals surface area contributed by atoms with Gasteiger partial charge in [-0.1, -0.05) is 32.9 Å². The molecule has 21 heavy (non-hydrogen) atoms. The van der Waals surface area contributed by atoms with E-state index in [1.807, 2.05) is 23.5 Å². The van der Waals surface area contributed by atoms with Crippen LogP contribution in [0.4, 0.5) is 4.39 Å². The maximum atomic E-state index is 13.6. The third-order valence-electron chi connectivity index (χ3n) is 3.68. The molecule has 1 N–H and O–H groups in total. The van der Waals surface area contributed by atoms with Crippen molar-refractivity contribution in [3.8, 4) is 0 Å². The molecule has 0 aliphatic carbocycles. The van der Waals surface area contributed by atoms with Crippen molar-refractivity contribution in [1.82, 2.24) is 5.32 Å². The maximum Gasteiger partial charge on any atom is 0.126 e. The minimum Gasteiger partial charge on any atom is -0.305 e. The molecule has 1 aromatic heterocycles. The fourth-order valence-electron chi connectivity index (χ4n) is 2.13. The number of thiophene rings is 1. The SMILES string of the molecule is Cc1ccc(C(C)NCc2ccc(C(C)(C)C)s2)cc1F. The van der Waals surface area contributed by atoms with E-state index in [9.17, 15) is 4.39 Å². The second-order valence-electron chi connectivity index (χ2n) is 6.63. The summed E-state index contributed by atoms with van der Waals surface area (Å²) >= 11 is 1.85. The van der Waals surface area contributed by atoms with E-state index < -0.39 is 0 Å². The largest absolute Gasteiger partial charge is 0.305 e. The van der Waals surface area contributed by atoms with Crippen molar-refractivity contribution in [2.24, 2.45) is 0 Å². The highest BCUT2D eigenvalue weighted by Gasteiger charge is 2.16. The third-order valence-corrected chi connectivity index (χ3v) is 5.19. The van der Waals surface area contributed by atoms with Crippen LogP contribution in [0, 0.1) is 12.7 Å². The van der Waals surface area contributed by atoms with Gasteiger partial charge in [-0.05, 0) is 48.6 Å². The summed E-state index contributed by atoms with van der Waals surface area (Å²) < 4.78 is 13.6. The molecule has 1 unspecified atom stereocenters. The Balaban J connectivity index is 1.99. The van der Waals surface area contributed by atoms with Crippen LogP contribution >= 0.6 is 11.3 Å². The molecule has 0 radical (unpaired) electrons. The molecule has 1 aromatic carbocycles. The molecule has 0 amide bonds. The summed E-state index contributed by atoms with van der Waals surface area (Å²) in [5, 5.41) is 3.47. The number of aryl methyl sites for hydroxylation is 1. The van der Waals surface area contributed by atoms with E-state index in [2.05, 4.69) is 45.1 Å². The summed E-state index contributed by atoms with van der Waals surface area (Å²) in [7, 11) is 0. The van der Waals surface area contributed by atoms with Crippen LogP contribution in [0.1, 0.15) is 54.6 Å². The molecule has 0 spiro atoms. The zero-order chi connectivity index (χ0) is 15.6. The molecule has 0 saturated heterocycles. The lowest BCUT2D eigenvalue weighted by Gasteiger charge is -2.16. The van der Waals surface area contributed by atoms with Gasteiger partial charge in [0.15, 0.2) is 0 Å². The van der Waals surface area contributed by atoms with Crippen molar-refractivity contribution in [2.45, 2.75) is 52.6 Å². The molecule has 1 atom stereocenters. The lowest BCUT2D eigenvalue weighted by molar-refractivity contribution is 0.566. The van der Waals surface area contributed by atoms with Crippen LogP contribution in [-0.4, -0.2) is 0 Å². The standard InChI is InChI=1S/C18H24FNS/c1-12-6-7-14(10-16(12)19)13(2)20-11-15-8-9-17(21-15)18(3,4)5/h6-10,13,20H,11H2,1-5H3.